The molecule has 0 bridgehead atoms. The first-order valence-corrected chi connectivity index (χ1v) is 4.23. The standard InChI is InChI=1S/C9H8ClNO3/c10-7-4-2-1-3-6(7)5-11-8(12)9(13)14/h1-4H,5H2,(H,11,12)(H,13,14). The maximum atomic E-state index is 10.7. The van der Waals surface area contributed by atoms with E-state index in [1.54, 1.807) is 24.3 Å². The van der Waals surface area contributed by atoms with E-state index in [2.05, 4.69) is 5.32 Å². The number of carboxylic acids is 1. The number of halogens is 1. The maximum Gasteiger partial charge on any atom is 0.394 e. The van der Waals surface area contributed by atoms with Crippen LogP contribution in [0.3, 0.4) is 0 Å². The second-order valence-corrected chi connectivity index (χ2v) is 2.99. The van der Waals surface area contributed by atoms with E-state index in [1.807, 2.05) is 0 Å². The molecule has 1 aromatic carbocycles. The zero-order valence-electron chi connectivity index (χ0n) is 7.16. The van der Waals surface area contributed by atoms with Crippen molar-refractivity contribution in [1.29, 1.82) is 0 Å². The van der Waals surface area contributed by atoms with Crippen LogP contribution in [0.25, 0.3) is 0 Å². The first kappa shape index (κ1) is 10.5. The van der Waals surface area contributed by atoms with Crippen LogP contribution in [0.2, 0.25) is 5.02 Å². The summed E-state index contributed by atoms with van der Waals surface area (Å²) in [6.45, 7) is 0.116. The van der Waals surface area contributed by atoms with E-state index >= 15 is 0 Å². The minimum absolute atomic E-state index is 0.116. The van der Waals surface area contributed by atoms with Crippen LogP contribution in [0.5, 0.6) is 0 Å². The summed E-state index contributed by atoms with van der Waals surface area (Å²) in [6.07, 6.45) is 0. The Bertz CT molecular complexity index is 365. The number of carbonyl (C=O) groups is 2. The van der Waals surface area contributed by atoms with Crippen molar-refractivity contribution >= 4 is 23.5 Å². The number of nitrogens with one attached hydrogen (secondary N) is 1. The van der Waals surface area contributed by atoms with Gasteiger partial charge in [-0.25, -0.2) is 4.79 Å². The lowest BCUT2D eigenvalue weighted by Gasteiger charge is -2.03. The second kappa shape index (κ2) is 4.62. The Morgan fingerprint density at radius 3 is 2.57 bits per heavy atom. The monoisotopic (exact) mass is 213 g/mol. The number of hydrogen-bond acceptors (Lipinski definition) is 2. The summed E-state index contributed by atoms with van der Waals surface area (Å²) in [5, 5.41) is 11.0. The van der Waals surface area contributed by atoms with E-state index in [9.17, 15) is 9.59 Å². The minimum Gasteiger partial charge on any atom is -0.474 e. The lowest BCUT2D eigenvalue weighted by molar-refractivity contribution is -0.150. The highest BCUT2D eigenvalue weighted by Gasteiger charge is 2.10. The van der Waals surface area contributed by atoms with Crippen LogP contribution in [0, 0.1) is 0 Å². The highest BCUT2D eigenvalue weighted by molar-refractivity contribution is 6.32. The molecule has 0 spiro atoms. The zero-order chi connectivity index (χ0) is 10.6. The Morgan fingerprint density at radius 2 is 2.00 bits per heavy atom. The molecule has 0 heterocycles. The van der Waals surface area contributed by atoms with Gasteiger partial charge >= 0.3 is 11.9 Å². The van der Waals surface area contributed by atoms with Gasteiger partial charge in [-0.3, -0.25) is 4.79 Å². The van der Waals surface area contributed by atoms with Crippen molar-refractivity contribution in [2.75, 3.05) is 0 Å². The number of carboxylic acid groups (broad SMARTS) is 1. The number of rotatable bonds is 2. The third-order valence-corrected chi connectivity index (χ3v) is 1.96. The van der Waals surface area contributed by atoms with Crippen LogP contribution in [-0.2, 0) is 16.1 Å². The molecule has 0 radical (unpaired) electrons. The van der Waals surface area contributed by atoms with Crippen molar-refractivity contribution in [3.63, 3.8) is 0 Å². The molecule has 0 unspecified atom stereocenters. The predicted molar refractivity (Wildman–Crippen MR) is 50.9 cm³/mol. The number of amides is 1. The average molecular weight is 214 g/mol. The Labute approximate surface area is 85.5 Å². The van der Waals surface area contributed by atoms with Gasteiger partial charge in [0.15, 0.2) is 0 Å². The van der Waals surface area contributed by atoms with Gasteiger partial charge in [0.25, 0.3) is 0 Å². The van der Waals surface area contributed by atoms with E-state index in [1.165, 1.54) is 0 Å². The summed E-state index contributed by atoms with van der Waals surface area (Å²) >= 11 is 5.79. The Kier molecular flexibility index (Phi) is 3.48. The summed E-state index contributed by atoms with van der Waals surface area (Å²) in [5.41, 5.74) is 0.684. The molecule has 0 aromatic heterocycles. The number of benzene rings is 1. The van der Waals surface area contributed by atoms with E-state index in [0.29, 0.717) is 10.6 Å². The molecule has 0 saturated heterocycles. The zero-order valence-corrected chi connectivity index (χ0v) is 7.91. The van der Waals surface area contributed by atoms with Crippen molar-refractivity contribution in [2.45, 2.75) is 6.54 Å². The van der Waals surface area contributed by atoms with E-state index in [0.717, 1.165) is 0 Å². The van der Waals surface area contributed by atoms with Crippen molar-refractivity contribution < 1.29 is 14.7 Å². The smallest absolute Gasteiger partial charge is 0.394 e. The summed E-state index contributed by atoms with van der Waals surface area (Å²) in [6, 6.07) is 6.90. The largest absolute Gasteiger partial charge is 0.474 e. The molecule has 74 valence electrons. The molecular formula is C9H8ClNO3. The van der Waals surface area contributed by atoms with Crippen molar-refractivity contribution in [3.8, 4) is 0 Å². The fourth-order valence-electron chi connectivity index (χ4n) is 0.893. The van der Waals surface area contributed by atoms with Crippen molar-refractivity contribution in [1.82, 2.24) is 5.32 Å². The van der Waals surface area contributed by atoms with Gasteiger partial charge in [0, 0.05) is 11.6 Å². The normalized spacial score (nSPS) is 9.50. The van der Waals surface area contributed by atoms with Gasteiger partial charge in [-0.1, -0.05) is 29.8 Å². The second-order valence-electron chi connectivity index (χ2n) is 2.58. The van der Waals surface area contributed by atoms with Gasteiger partial charge < -0.3 is 10.4 Å². The summed E-state index contributed by atoms with van der Waals surface area (Å²) in [7, 11) is 0. The fraction of sp³-hybridized carbons (Fsp3) is 0.111. The van der Waals surface area contributed by atoms with Crippen molar-refractivity contribution in [2.24, 2.45) is 0 Å². The first-order chi connectivity index (χ1) is 6.61. The lowest BCUT2D eigenvalue weighted by atomic mass is 10.2. The topological polar surface area (TPSA) is 66.4 Å². The highest BCUT2D eigenvalue weighted by atomic mass is 35.5. The van der Waals surface area contributed by atoms with Gasteiger partial charge in [-0.05, 0) is 11.6 Å². The molecule has 1 amide bonds. The molecular weight excluding hydrogens is 206 g/mol. The van der Waals surface area contributed by atoms with Crippen molar-refractivity contribution in [3.05, 3.63) is 34.9 Å². The van der Waals surface area contributed by atoms with Gasteiger partial charge in [-0.2, -0.15) is 0 Å². The molecule has 0 aliphatic rings. The first-order valence-electron chi connectivity index (χ1n) is 3.86. The molecule has 0 saturated carbocycles. The Hall–Kier alpha value is -1.55. The van der Waals surface area contributed by atoms with Crippen LogP contribution in [0.1, 0.15) is 5.56 Å². The fourth-order valence-corrected chi connectivity index (χ4v) is 1.10. The molecule has 5 heteroatoms. The molecule has 1 aromatic rings. The van der Waals surface area contributed by atoms with Gasteiger partial charge in [-0.15, -0.1) is 0 Å². The Morgan fingerprint density at radius 1 is 1.36 bits per heavy atom. The molecule has 0 aliphatic carbocycles. The minimum atomic E-state index is -1.50. The van der Waals surface area contributed by atoms with Crippen LogP contribution in [0.4, 0.5) is 0 Å². The van der Waals surface area contributed by atoms with E-state index in [4.69, 9.17) is 16.7 Å². The number of aliphatic carboxylic acids is 1. The Balaban J connectivity index is 2.58. The molecule has 4 nitrogen and oxygen atoms in total. The third-order valence-electron chi connectivity index (χ3n) is 1.59. The lowest BCUT2D eigenvalue weighted by Crippen LogP contribution is -2.30. The molecule has 0 atom stereocenters. The molecule has 2 N–H and O–H groups in total. The quantitative estimate of drug-likeness (QED) is 0.722. The molecule has 1 rings (SSSR count). The summed E-state index contributed by atoms with van der Waals surface area (Å²) < 4.78 is 0. The average Bonchev–Trinajstić information content (AvgIpc) is 2.16. The summed E-state index contributed by atoms with van der Waals surface area (Å²) in [5.74, 6) is -2.54. The molecule has 14 heavy (non-hydrogen) atoms. The highest BCUT2D eigenvalue weighted by Crippen LogP contribution is 2.13. The number of carbonyl (C=O) groups excluding carboxylic acids is 1. The number of hydrogen-bond donors (Lipinski definition) is 2. The van der Waals surface area contributed by atoms with Gasteiger partial charge in [0.05, 0.1) is 0 Å². The van der Waals surface area contributed by atoms with Gasteiger partial charge in [0.2, 0.25) is 0 Å². The molecule has 0 fully saturated rings. The van der Waals surface area contributed by atoms with E-state index in [-0.39, 0.29) is 6.54 Å². The van der Waals surface area contributed by atoms with Crippen LogP contribution < -0.4 is 5.32 Å². The summed E-state index contributed by atoms with van der Waals surface area (Å²) in [4.78, 5) is 20.8. The maximum absolute atomic E-state index is 10.7. The van der Waals surface area contributed by atoms with Crippen LogP contribution in [0.15, 0.2) is 24.3 Å². The van der Waals surface area contributed by atoms with E-state index < -0.39 is 11.9 Å². The van der Waals surface area contributed by atoms with Crippen LogP contribution >= 0.6 is 11.6 Å². The van der Waals surface area contributed by atoms with Gasteiger partial charge in [0.1, 0.15) is 0 Å². The predicted octanol–water partition coefficient (Wildman–Crippen LogP) is 1.04. The molecule has 0 aliphatic heterocycles. The third kappa shape index (κ3) is 2.74. The SMILES string of the molecule is O=C(O)C(=O)NCc1ccccc1Cl. The van der Waals surface area contributed by atoms with Crippen LogP contribution in [-0.4, -0.2) is 17.0 Å².